The summed E-state index contributed by atoms with van der Waals surface area (Å²) in [6.07, 6.45) is 4.77. The minimum Gasteiger partial charge on any atom is -0.320 e. The number of rotatable bonds is 5. The molecule has 1 N–H and O–H groups in total. The second-order valence-electron chi connectivity index (χ2n) is 5.99. The van der Waals surface area contributed by atoms with E-state index in [2.05, 4.69) is 29.6 Å². The van der Waals surface area contributed by atoms with Gasteiger partial charge in [-0.05, 0) is 35.7 Å². The third-order valence-electron chi connectivity index (χ3n) is 4.09. The van der Waals surface area contributed by atoms with Crippen molar-refractivity contribution in [1.29, 1.82) is 0 Å². The Kier molecular flexibility index (Phi) is 5.46. The molecule has 0 spiro atoms. The number of amides is 1. The molecule has 1 heterocycles. The zero-order chi connectivity index (χ0) is 17.6. The van der Waals surface area contributed by atoms with Crippen molar-refractivity contribution in [3.63, 3.8) is 0 Å². The maximum atomic E-state index is 12.4. The van der Waals surface area contributed by atoms with Crippen LogP contribution in [0.25, 0.3) is 0 Å². The lowest BCUT2D eigenvalue weighted by molar-refractivity contribution is -0.705. The molecule has 0 aliphatic rings. The van der Waals surface area contributed by atoms with Crippen LogP contribution in [0.5, 0.6) is 0 Å². The van der Waals surface area contributed by atoms with E-state index >= 15 is 0 Å². The Bertz CT molecular complexity index is 847. The van der Waals surface area contributed by atoms with E-state index in [0.717, 1.165) is 6.42 Å². The van der Waals surface area contributed by atoms with Crippen LogP contribution in [0.3, 0.4) is 0 Å². The van der Waals surface area contributed by atoms with Crippen molar-refractivity contribution in [1.82, 2.24) is 0 Å². The summed E-state index contributed by atoms with van der Waals surface area (Å²) in [4.78, 5) is 12.4. The van der Waals surface area contributed by atoms with Gasteiger partial charge < -0.3 is 5.32 Å². The Labute approximate surface area is 152 Å². The van der Waals surface area contributed by atoms with Gasteiger partial charge in [-0.2, -0.15) is 4.57 Å². The Balaban J connectivity index is 1.65. The normalized spacial score (nSPS) is 11.8. The molecule has 0 aliphatic carbocycles. The Hall–Kier alpha value is -2.65. The van der Waals surface area contributed by atoms with E-state index in [1.54, 1.807) is 12.1 Å². The lowest BCUT2D eigenvalue weighted by Gasteiger charge is -2.09. The summed E-state index contributed by atoms with van der Waals surface area (Å²) in [5.74, 6) is -0.0805. The van der Waals surface area contributed by atoms with Gasteiger partial charge in [0, 0.05) is 29.8 Å². The highest BCUT2D eigenvalue weighted by atomic mass is 35.5. The first kappa shape index (κ1) is 17.2. The van der Waals surface area contributed by atoms with E-state index in [4.69, 9.17) is 11.6 Å². The van der Waals surface area contributed by atoms with Crippen molar-refractivity contribution in [2.24, 2.45) is 0 Å². The van der Waals surface area contributed by atoms with Crippen LogP contribution in [0.15, 0.2) is 79.1 Å². The summed E-state index contributed by atoms with van der Waals surface area (Å²) in [7, 11) is 0. The first-order valence-corrected chi connectivity index (χ1v) is 8.59. The third-order valence-corrected chi connectivity index (χ3v) is 4.33. The van der Waals surface area contributed by atoms with Gasteiger partial charge in [-0.1, -0.05) is 48.0 Å². The van der Waals surface area contributed by atoms with Crippen LogP contribution in [0.2, 0.25) is 5.02 Å². The van der Waals surface area contributed by atoms with Crippen molar-refractivity contribution in [2.75, 3.05) is 5.32 Å². The fraction of sp³-hybridized carbons (Fsp3) is 0.143. The maximum Gasteiger partial charge on any atom is 0.293 e. The van der Waals surface area contributed by atoms with Gasteiger partial charge in [0.1, 0.15) is 0 Å². The monoisotopic (exact) mass is 351 g/mol. The highest BCUT2D eigenvalue weighted by Gasteiger charge is 2.21. The van der Waals surface area contributed by atoms with Gasteiger partial charge >= 0.3 is 0 Å². The van der Waals surface area contributed by atoms with Crippen LogP contribution in [0, 0.1) is 0 Å². The average Bonchev–Trinajstić information content (AvgIpc) is 2.62. The molecule has 4 heteroatoms. The molecule has 2 aromatic carbocycles. The van der Waals surface area contributed by atoms with Gasteiger partial charge in [0.15, 0.2) is 12.4 Å². The van der Waals surface area contributed by atoms with E-state index in [-0.39, 0.29) is 11.9 Å². The lowest BCUT2D eigenvalue weighted by Crippen LogP contribution is -2.44. The van der Waals surface area contributed by atoms with Crippen molar-refractivity contribution in [2.45, 2.75) is 19.4 Å². The van der Waals surface area contributed by atoms with Gasteiger partial charge in [-0.15, -0.1) is 0 Å². The first-order chi connectivity index (χ1) is 12.1. The fourth-order valence-corrected chi connectivity index (χ4v) is 2.82. The largest absolute Gasteiger partial charge is 0.320 e. The summed E-state index contributed by atoms with van der Waals surface area (Å²) < 4.78 is 1.90. The number of halogens is 1. The van der Waals surface area contributed by atoms with Gasteiger partial charge in [0.2, 0.25) is 6.04 Å². The zero-order valence-corrected chi connectivity index (χ0v) is 14.8. The summed E-state index contributed by atoms with van der Waals surface area (Å²) >= 11 is 5.95. The SMILES string of the molecule is C[C@@H](C(=O)Nc1cccc(Cl)c1)[n+]1ccc(Cc2ccccc2)cc1. The number of hydrogen-bond donors (Lipinski definition) is 1. The van der Waals surface area contributed by atoms with Crippen LogP contribution in [0.4, 0.5) is 5.69 Å². The predicted molar refractivity (Wildman–Crippen MR) is 101 cm³/mol. The molecule has 0 aliphatic heterocycles. The Morgan fingerprint density at radius 1 is 1.00 bits per heavy atom. The molecule has 1 atom stereocenters. The molecule has 0 fully saturated rings. The molecule has 0 saturated carbocycles. The van der Waals surface area contributed by atoms with Crippen LogP contribution < -0.4 is 9.88 Å². The molecule has 3 nitrogen and oxygen atoms in total. The Morgan fingerprint density at radius 2 is 1.68 bits per heavy atom. The van der Waals surface area contributed by atoms with E-state index in [1.165, 1.54) is 11.1 Å². The second kappa shape index (κ2) is 7.95. The quantitative estimate of drug-likeness (QED) is 0.678. The van der Waals surface area contributed by atoms with E-state index in [1.807, 2.05) is 54.2 Å². The molecule has 25 heavy (non-hydrogen) atoms. The summed E-state index contributed by atoms with van der Waals surface area (Å²) in [5.41, 5.74) is 3.18. The van der Waals surface area contributed by atoms with E-state index in [0.29, 0.717) is 10.7 Å². The summed E-state index contributed by atoms with van der Waals surface area (Å²) in [6.45, 7) is 1.87. The second-order valence-corrected chi connectivity index (χ2v) is 6.43. The standard InChI is InChI=1S/C21H19ClN2O/c1-16(21(25)23-20-9-5-8-19(22)15-20)24-12-10-18(11-13-24)14-17-6-3-2-4-7-17/h2-13,15-16H,14H2,1H3/p+1/t16-/m0/s1. The molecule has 0 radical (unpaired) electrons. The molecule has 1 amide bonds. The smallest absolute Gasteiger partial charge is 0.293 e. The number of anilines is 1. The molecular weight excluding hydrogens is 332 g/mol. The number of nitrogens with zero attached hydrogens (tertiary/aromatic N) is 1. The molecule has 126 valence electrons. The minimum absolute atomic E-state index is 0.0805. The average molecular weight is 352 g/mol. The fourth-order valence-electron chi connectivity index (χ4n) is 2.62. The van der Waals surface area contributed by atoms with Crippen LogP contribution in [-0.4, -0.2) is 5.91 Å². The first-order valence-electron chi connectivity index (χ1n) is 8.22. The summed E-state index contributed by atoms with van der Waals surface area (Å²) in [5, 5.41) is 3.49. The summed E-state index contributed by atoms with van der Waals surface area (Å²) in [6, 6.07) is 21.3. The van der Waals surface area contributed by atoms with E-state index in [9.17, 15) is 4.79 Å². The van der Waals surface area contributed by atoms with Crippen LogP contribution in [-0.2, 0) is 11.2 Å². The van der Waals surface area contributed by atoms with Gasteiger partial charge in [-0.25, -0.2) is 0 Å². The van der Waals surface area contributed by atoms with Gasteiger partial charge in [0.25, 0.3) is 5.91 Å². The highest BCUT2D eigenvalue weighted by molar-refractivity contribution is 6.30. The van der Waals surface area contributed by atoms with Crippen molar-refractivity contribution in [3.05, 3.63) is 95.3 Å². The molecule has 0 bridgehead atoms. The number of aromatic nitrogens is 1. The minimum atomic E-state index is -0.315. The topological polar surface area (TPSA) is 33.0 Å². The molecular formula is C21H20ClN2O+. The predicted octanol–water partition coefficient (Wildman–Crippen LogP) is 4.42. The van der Waals surface area contributed by atoms with E-state index < -0.39 is 0 Å². The zero-order valence-electron chi connectivity index (χ0n) is 14.0. The Morgan fingerprint density at radius 3 is 2.36 bits per heavy atom. The number of carbonyl (C=O) groups excluding carboxylic acids is 1. The lowest BCUT2D eigenvalue weighted by atomic mass is 10.1. The number of pyridine rings is 1. The van der Waals surface area contributed by atoms with Crippen LogP contribution in [0.1, 0.15) is 24.1 Å². The third kappa shape index (κ3) is 4.68. The maximum absolute atomic E-state index is 12.4. The van der Waals surface area contributed by atoms with Crippen molar-refractivity contribution >= 4 is 23.2 Å². The number of benzene rings is 2. The number of nitrogens with one attached hydrogen (secondary N) is 1. The molecule has 0 unspecified atom stereocenters. The van der Waals surface area contributed by atoms with Gasteiger partial charge in [0.05, 0.1) is 0 Å². The molecule has 3 aromatic rings. The molecule has 3 rings (SSSR count). The van der Waals surface area contributed by atoms with Crippen LogP contribution >= 0.6 is 11.6 Å². The highest BCUT2D eigenvalue weighted by Crippen LogP contribution is 2.16. The van der Waals surface area contributed by atoms with Crippen molar-refractivity contribution in [3.8, 4) is 0 Å². The molecule has 1 aromatic heterocycles. The van der Waals surface area contributed by atoms with Gasteiger partial charge in [-0.3, -0.25) is 4.79 Å². The molecule has 0 saturated heterocycles. The number of carbonyl (C=O) groups is 1. The van der Waals surface area contributed by atoms with Crippen molar-refractivity contribution < 1.29 is 9.36 Å². The number of hydrogen-bond acceptors (Lipinski definition) is 1.